The minimum atomic E-state index is -0.345. The first-order valence-corrected chi connectivity index (χ1v) is 8.12. The van der Waals surface area contributed by atoms with Crippen molar-refractivity contribution in [3.63, 3.8) is 0 Å². The molecule has 0 aliphatic carbocycles. The van der Waals surface area contributed by atoms with Gasteiger partial charge in [0.1, 0.15) is 0 Å². The van der Waals surface area contributed by atoms with Crippen molar-refractivity contribution >= 4 is 22.6 Å². The lowest BCUT2D eigenvalue weighted by molar-refractivity contribution is 0.121. The number of hydrogen-bond acceptors (Lipinski definition) is 6. The molecule has 23 heavy (non-hydrogen) atoms. The molecule has 3 rings (SSSR count). The molecule has 3 N–H and O–H groups in total. The van der Waals surface area contributed by atoms with Gasteiger partial charge in [0.25, 0.3) is 0 Å². The summed E-state index contributed by atoms with van der Waals surface area (Å²) >= 11 is 6.35. The number of likely N-dealkylation sites (tertiary alicyclic amines) is 1. The van der Waals surface area contributed by atoms with E-state index in [4.69, 9.17) is 22.1 Å². The van der Waals surface area contributed by atoms with Crippen molar-refractivity contribution in [3.05, 3.63) is 28.9 Å². The first-order chi connectivity index (χ1) is 11.1. The summed E-state index contributed by atoms with van der Waals surface area (Å²) in [5.41, 5.74) is 8.29. The van der Waals surface area contributed by atoms with Crippen molar-refractivity contribution in [2.75, 3.05) is 26.7 Å². The van der Waals surface area contributed by atoms with Gasteiger partial charge in [-0.05, 0) is 18.9 Å². The molecule has 0 radical (unpaired) electrons. The smallest absolute Gasteiger partial charge is 0.213 e. The highest BCUT2D eigenvalue weighted by molar-refractivity contribution is 6.32. The Balaban J connectivity index is 1.86. The van der Waals surface area contributed by atoms with Crippen molar-refractivity contribution < 1.29 is 9.84 Å². The molecule has 2 aromatic heterocycles. The van der Waals surface area contributed by atoms with Crippen LogP contribution in [0.4, 0.5) is 0 Å². The van der Waals surface area contributed by atoms with E-state index in [0.29, 0.717) is 17.4 Å². The van der Waals surface area contributed by atoms with Gasteiger partial charge in [-0.2, -0.15) is 0 Å². The van der Waals surface area contributed by atoms with Gasteiger partial charge in [-0.25, -0.2) is 4.98 Å². The third-order valence-electron chi connectivity index (χ3n) is 4.46. The predicted octanol–water partition coefficient (Wildman–Crippen LogP) is 1.23. The summed E-state index contributed by atoms with van der Waals surface area (Å²) in [6, 6.07) is 3.68. The van der Waals surface area contributed by atoms with E-state index in [-0.39, 0.29) is 12.1 Å². The van der Waals surface area contributed by atoms with Crippen LogP contribution in [0.15, 0.2) is 18.3 Å². The lowest BCUT2D eigenvalue weighted by Gasteiger charge is -2.25. The number of pyridine rings is 2. The van der Waals surface area contributed by atoms with Gasteiger partial charge in [0.05, 0.1) is 29.3 Å². The Kier molecular flexibility index (Phi) is 4.96. The molecule has 3 heterocycles. The normalized spacial score (nSPS) is 21.9. The van der Waals surface area contributed by atoms with Crippen LogP contribution in [0.5, 0.6) is 5.88 Å². The Labute approximate surface area is 140 Å². The number of aliphatic hydroxyl groups excluding tert-OH is 1. The minimum absolute atomic E-state index is 0.0179. The van der Waals surface area contributed by atoms with Crippen molar-refractivity contribution in [1.29, 1.82) is 0 Å². The number of methoxy groups -OCH3 is 1. The number of halogens is 1. The van der Waals surface area contributed by atoms with E-state index in [0.717, 1.165) is 42.5 Å². The Morgan fingerprint density at radius 2 is 2.30 bits per heavy atom. The van der Waals surface area contributed by atoms with Crippen molar-refractivity contribution in [2.24, 2.45) is 5.73 Å². The van der Waals surface area contributed by atoms with Crippen LogP contribution >= 0.6 is 11.6 Å². The molecule has 1 aliphatic rings. The van der Waals surface area contributed by atoms with Gasteiger partial charge in [0, 0.05) is 43.5 Å². The van der Waals surface area contributed by atoms with Crippen LogP contribution in [-0.4, -0.2) is 58.9 Å². The third kappa shape index (κ3) is 3.26. The van der Waals surface area contributed by atoms with Crippen LogP contribution in [0.3, 0.4) is 0 Å². The summed E-state index contributed by atoms with van der Waals surface area (Å²) in [7, 11) is 1.59. The zero-order valence-corrected chi connectivity index (χ0v) is 13.8. The summed E-state index contributed by atoms with van der Waals surface area (Å²) in [6.45, 7) is 2.08. The molecule has 0 saturated carbocycles. The number of nitrogens with two attached hydrogens (primary N) is 1. The minimum Gasteiger partial charge on any atom is -0.481 e. The molecule has 0 aromatic carbocycles. The van der Waals surface area contributed by atoms with Crippen LogP contribution < -0.4 is 10.5 Å². The summed E-state index contributed by atoms with van der Waals surface area (Å²) in [5, 5.41) is 10.6. The number of rotatable bonds is 5. The molecule has 124 valence electrons. The summed E-state index contributed by atoms with van der Waals surface area (Å²) in [5.74, 6) is 0.541. The molecule has 7 heteroatoms. The zero-order chi connectivity index (χ0) is 16.4. The van der Waals surface area contributed by atoms with E-state index in [1.807, 2.05) is 6.07 Å². The van der Waals surface area contributed by atoms with E-state index in [2.05, 4.69) is 14.9 Å². The van der Waals surface area contributed by atoms with Gasteiger partial charge in [-0.15, -0.1) is 0 Å². The molecule has 1 aliphatic heterocycles. The molecule has 0 spiro atoms. The first-order valence-electron chi connectivity index (χ1n) is 7.74. The Morgan fingerprint density at radius 1 is 1.48 bits per heavy atom. The molecular formula is C16H21ClN4O2. The first kappa shape index (κ1) is 16.4. The third-order valence-corrected chi connectivity index (χ3v) is 4.79. The van der Waals surface area contributed by atoms with E-state index in [9.17, 15) is 5.11 Å². The second-order valence-corrected chi connectivity index (χ2v) is 6.16. The van der Waals surface area contributed by atoms with Crippen LogP contribution in [0.1, 0.15) is 12.0 Å². The fourth-order valence-electron chi connectivity index (χ4n) is 3.17. The topological polar surface area (TPSA) is 84.5 Å². The van der Waals surface area contributed by atoms with Crippen LogP contribution in [-0.2, 0) is 6.42 Å². The standard InChI is InChI=1S/C16H21ClN4O2/c1-23-15-3-2-12-16(20-15)10(11(17)9-19-12)4-6-21-7-5-14(22)13(21)8-18/h2-3,9,13-14,22H,4-8,18H2,1H3. The van der Waals surface area contributed by atoms with Gasteiger partial charge in [-0.1, -0.05) is 11.6 Å². The van der Waals surface area contributed by atoms with Gasteiger partial charge >= 0.3 is 0 Å². The van der Waals surface area contributed by atoms with E-state index in [1.165, 1.54) is 0 Å². The maximum atomic E-state index is 9.96. The van der Waals surface area contributed by atoms with E-state index in [1.54, 1.807) is 19.4 Å². The molecule has 1 fully saturated rings. The maximum Gasteiger partial charge on any atom is 0.213 e. The zero-order valence-electron chi connectivity index (χ0n) is 13.1. The Morgan fingerprint density at radius 3 is 3.04 bits per heavy atom. The average molecular weight is 337 g/mol. The SMILES string of the molecule is COc1ccc2ncc(Cl)c(CCN3CCC(O)C3CN)c2n1. The summed E-state index contributed by atoms with van der Waals surface area (Å²) < 4.78 is 5.20. The van der Waals surface area contributed by atoms with Gasteiger partial charge in [-0.3, -0.25) is 9.88 Å². The maximum absolute atomic E-state index is 9.96. The quantitative estimate of drug-likeness (QED) is 0.854. The number of aliphatic hydroxyl groups is 1. The molecule has 6 nitrogen and oxygen atoms in total. The summed E-state index contributed by atoms with van der Waals surface area (Å²) in [4.78, 5) is 11.0. The lowest BCUT2D eigenvalue weighted by atomic mass is 10.1. The van der Waals surface area contributed by atoms with Crippen molar-refractivity contribution in [3.8, 4) is 5.88 Å². The van der Waals surface area contributed by atoms with Crippen LogP contribution in [0.25, 0.3) is 11.0 Å². The molecule has 0 amide bonds. The number of hydrogen-bond donors (Lipinski definition) is 2. The molecule has 1 saturated heterocycles. The lowest BCUT2D eigenvalue weighted by Crippen LogP contribution is -2.42. The fourth-order valence-corrected chi connectivity index (χ4v) is 3.40. The number of aromatic nitrogens is 2. The molecular weight excluding hydrogens is 316 g/mol. The largest absolute Gasteiger partial charge is 0.481 e. The summed E-state index contributed by atoms with van der Waals surface area (Å²) in [6.07, 6.45) is 2.80. The highest BCUT2D eigenvalue weighted by Gasteiger charge is 2.31. The Hall–Kier alpha value is -1.47. The highest BCUT2D eigenvalue weighted by atomic mass is 35.5. The fraction of sp³-hybridized carbons (Fsp3) is 0.500. The number of fused-ring (bicyclic) bond motifs is 1. The predicted molar refractivity (Wildman–Crippen MR) is 89.8 cm³/mol. The molecule has 2 aromatic rings. The monoisotopic (exact) mass is 336 g/mol. The molecule has 2 atom stereocenters. The van der Waals surface area contributed by atoms with Crippen molar-refractivity contribution in [2.45, 2.75) is 25.0 Å². The second kappa shape index (κ2) is 6.97. The van der Waals surface area contributed by atoms with E-state index < -0.39 is 0 Å². The van der Waals surface area contributed by atoms with E-state index >= 15 is 0 Å². The van der Waals surface area contributed by atoms with Gasteiger partial charge < -0.3 is 15.6 Å². The highest BCUT2D eigenvalue weighted by Crippen LogP contribution is 2.26. The average Bonchev–Trinajstić information content (AvgIpc) is 2.93. The Bertz CT molecular complexity index is 697. The van der Waals surface area contributed by atoms with Gasteiger partial charge in [0.2, 0.25) is 5.88 Å². The number of ether oxygens (including phenoxy) is 1. The van der Waals surface area contributed by atoms with Gasteiger partial charge in [0.15, 0.2) is 0 Å². The second-order valence-electron chi connectivity index (χ2n) is 5.75. The molecule has 2 unspecified atom stereocenters. The molecule has 0 bridgehead atoms. The number of nitrogens with zero attached hydrogens (tertiary/aromatic N) is 3. The van der Waals surface area contributed by atoms with Crippen LogP contribution in [0, 0.1) is 0 Å². The van der Waals surface area contributed by atoms with Crippen molar-refractivity contribution in [1.82, 2.24) is 14.9 Å². The van der Waals surface area contributed by atoms with Crippen LogP contribution in [0.2, 0.25) is 5.02 Å².